The normalized spacial score (nSPS) is 10.9. The smallest absolute Gasteiger partial charge is 0.268 e. The predicted octanol–water partition coefficient (Wildman–Crippen LogP) is 3.25. The first-order chi connectivity index (χ1) is 9.08. The van der Waals surface area contributed by atoms with Crippen LogP contribution >= 0.6 is 15.9 Å². The molecule has 3 nitrogen and oxygen atoms in total. The van der Waals surface area contributed by atoms with Gasteiger partial charge < -0.3 is 0 Å². The average Bonchev–Trinajstić information content (AvgIpc) is 2.39. The molecule has 2 rings (SSSR count). The highest BCUT2D eigenvalue weighted by atomic mass is 79.9. The molecule has 0 aliphatic heterocycles. The molecule has 0 fully saturated rings. The van der Waals surface area contributed by atoms with Gasteiger partial charge in [-0.2, -0.15) is 0 Å². The summed E-state index contributed by atoms with van der Waals surface area (Å²) in [7, 11) is 0. The Morgan fingerprint density at radius 1 is 1.26 bits per heavy atom. The molecule has 0 unspecified atom stereocenters. The van der Waals surface area contributed by atoms with Gasteiger partial charge in [0, 0.05) is 0 Å². The first-order valence-corrected chi connectivity index (χ1v) is 7.15. The van der Waals surface area contributed by atoms with Crippen LogP contribution in [0.3, 0.4) is 0 Å². The highest BCUT2D eigenvalue weighted by Gasteiger charge is 2.10. The Bertz CT molecular complexity index is 605. The molecule has 19 heavy (non-hydrogen) atoms. The molecular formula is C15H17BrN2O. The van der Waals surface area contributed by atoms with Crippen LogP contribution in [0.5, 0.6) is 0 Å². The number of hydrogen-bond acceptors (Lipinski definition) is 2. The quantitative estimate of drug-likeness (QED) is 0.866. The van der Waals surface area contributed by atoms with Crippen LogP contribution in [0.2, 0.25) is 0 Å². The standard InChI is InChI=1S/C15H17BrN2O/c1-11(2)8-13-14(16)15(19)18(10-17-13)9-12-6-4-3-5-7-12/h3-7,10-11H,8-9H2,1-2H3. The van der Waals surface area contributed by atoms with Crippen molar-refractivity contribution in [3.63, 3.8) is 0 Å². The molecule has 1 aromatic carbocycles. The molecule has 0 spiro atoms. The molecule has 0 N–H and O–H groups in total. The molecule has 1 aromatic heterocycles. The van der Waals surface area contributed by atoms with Crippen molar-refractivity contribution in [2.75, 3.05) is 0 Å². The number of hydrogen-bond donors (Lipinski definition) is 0. The highest BCUT2D eigenvalue weighted by molar-refractivity contribution is 9.10. The lowest BCUT2D eigenvalue weighted by Gasteiger charge is -2.10. The van der Waals surface area contributed by atoms with Crippen LogP contribution in [0.25, 0.3) is 0 Å². The predicted molar refractivity (Wildman–Crippen MR) is 80.3 cm³/mol. The summed E-state index contributed by atoms with van der Waals surface area (Å²) in [6.45, 7) is 4.78. The maximum Gasteiger partial charge on any atom is 0.268 e. The SMILES string of the molecule is CC(C)Cc1ncn(Cc2ccccc2)c(=O)c1Br. The van der Waals surface area contributed by atoms with E-state index in [9.17, 15) is 4.79 Å². The summed E-state index contributed by atoms with van der Waals surface area (Å²) in [6, 6.07) is 9.91. The second kappa shape index (κ2) is 6.15. The molecule has 1 heterocycles. The van der Waals surface area contributed by atoms with E-state index in [0.717, 1.165) is 17.7 Å². The van der Waals surface area contributed by atoms with Crippen LogP contribution in [-0.2, 0) is 13.0 Å². The summed E-state index contributed by atoms with van der Waals surface area (Å²) in [6.07, 6.45) is 2.44. The zero-order chi connectivity index (χ0) is 13.8. The van der Waals surface area contributed by atoms with E-state index >= 15 is 0 Å². The van der Waals surface area contributed by atoms with Gasteiger partial charge in [-0.25, -0.2) is 4.98 Å². The molecule has 0 aliphatic rings. The van der Waals surface area contributed by atoms with Crippen molar-refractivity contribution >= 4 is 15.9 Å². The van der Waals surface area contributed by atoms with Crippen molar-refractivity contribution in [3.05, 3.63) is 62.7 Å². The van der Waals surface area contributed by atoms with Crippen molar-refractivity contribution in [1.82, 2.24) is 9.55 Å². The second-order valence-electron chi connectivity index (χ2n) is 5.02. The van der Waals surface area contributed by atoms with E-state index in [4.69, 9.17) is 0 Å². The molecular weight excluding hydrogens is 304 g/mol. The van der Waals surface area contributed by atoms with Crippen LogP contribution in [0, 0.1) is 5.92 Å². The Balaban J connectivity index is 2.29. The van der Waals surface area contributed by atoms with E-state index in [1.165, 1.54) is 0 Å². The minimum absolute atomic E-state index is 0.0190. The fraction of sp³-hybridized carbons (Fsp3) is 0.333. The molecule has 0 saturated carbocycles. The molecule has 0 atom stereocenters. The van der Waals surface area contributed by atoms with Gasteiger partial charge in [0.15, 0.2) is 0 Å². The minimum Gasteiger partial charge on any atom is -0.294 e. The van der Waals surface area contributed by atoms with Crippen molar-refractivity contribution in [1.29, 1.82) is 0 Å². The van der Waals surface area contributed by atoms with Crippen LogP contribution < -0.4 is 5.56 Å². The van der Waals surface area contributed by atoms with Gasteiger partial charge in [0.2, 0.25) is 0 Å². The van der Waals surface area contributed by atoms with Gasteiger partial charge in [-0.05, 0) is 33.8 Å². The van der Waals surface area contributed by atoms with Gasteiger partial charge in [0.1, 0.15) is 4.47 Å². The van der Waals surface area contributed by atoms with Crippen LogP contribution in [0.1, 0.15) is 25.1 Å². The van der Waals surface area contributed by atoms with Gasteiger partial charge in [-0.1, -0.05) is 44.2 Å². The van der Waals surface area contributed by atoms with E-state index < -0.39 is 0 Å². The van der Waals surface area contributed by atoms with Crippen LogP contribution in [0.4, 0.5) is 0 Å². The molecule has 2 aromatic rings. The van der Waals surface area contributed by atoms with Crippen LogP contribution in [0.15, 0.2) is 45.9 Å². The Morgan fingerprint density at radius 2 is 1.95 bits per heavy atom. The highest BCUT2D eigenvalue weighted by Crippen LogP contribution is 2.13. The topological polar surface area (TPSA) is 34.9 Å². The first-order valence-electron chi connectivity index (χ1n) is 6.35. The number of halogens is 1. The lowest BCUT2D eigenvalue weighted by molar-refractivity contribution is 0.619. The maximum absolute atomic E-state index is 12.3. The second-order valence-corrected chi connectivity index (χ2v) is 5.81. The summed E-state index contributed by atoms with van der Waals surface area (Å²) in [5, 5.41) is 0. The zero-order valence-corrected chi connectivity index (χ0v) is 12.7. The van der Waals surface area contributed by atoms with E-state index in [1.54, 1.807) is 10.9 Å². The summed E-state index contributed by atoms with van der Waals surface area (Å²) in [5.74, 6) is 0.480. The number of benzene rings is 1. The third-order valence-electron chi connectivity index (χ3n) is 2.85. The maximum atomic E-state index is 12.3. The van der Waals surface area contributed by atoms with Gasteiger partial charge in [0.05, 0.1) is 18.6 Å². The van der Waals surface area contributed by atoms with E-state index in [1.807, 2.05) is 30.3 Å². The molecule has 0 aliphatic carbocycles. The molecule has 4 heteroatoms. The van der Waals surface area contributed by atoms with E-state index in [2.05, 4.69) is 34.8 Å². The van der Waals surface area contributed by atoms with Gasteiger partial charge in [0.25, 0.3) is 5.56 Å². The lowest BCUT2D eigenvalue weighted by Crippen LogP contribution is -2.23. The average molecular weight is 321 g/mol. The summed E-state index contributed by atoms with van der Waals surface area (Å²) in [5.41, 5.74) is 1.91. The van der Waals surface area contributed by atoms with E-state index in [-0.39, 0.29) is 5.56 Å². The Labute approximate surface area is 121 Å². The largest absolute Gasteiger partial charge is 0.294 e. The molecule has 0 saturated heterocycles. The molecule has 100 valence electrons. The van der Waals surface area contributed by atoms with Gasteiger partial charge in [-0.15, -0.1) is 0 Å². The summed E-state index contributed by atoms with van der Waals surface area (Å²) in [4.78, 5) is 16.6. The van der Waals surface area contributed by atoms with Crippen molar-refractivity contribution in [3.8, 4) is 0 Å². The number of rotatable bonds is 4. The Kier molecular flexibility index (Phi) is 4.53. The molecule has 0 amide bonds. The van der Waals surface area contributed by atoms with Crippen molar-refractivity contribution in [2.24, 2.45) is 5.92 Å². The van der Waals surface area contributed by atoms with Crippen molar-refractivity contribution in [2.45, 2.75) is 26.8 Å². The first kappa shape index (κ1) is 14.0. The Morgan fingerprint density at radius 3 is 2.58 bits per heavy atom. The molecule has 0 radical (unpaired) electrons. The fourth-order valence-corrected chi connectivity index (χ4v) is 2.41. The lowest BCUT2D eigenvalue weighted by atomic mass is 10.1. The zero-order valence-electron chi connectivity index (χ0n) is 11.1. The molecule has 0 bridgehead atoms. The Hall–Kier alpha value is -1.42. The van der Waals surface area contributed by atoms with Gasteiger partial charge in [-0.3, -0.25) is 9.36 Å². The third-order valence-corrected chi connectivity index (χ3v) is 3.65. The monoisotopic (exact) mass is 320 g/mol. The minimum atomic E-state index is -0.0190. The summed E-state index contributed by atoms with van der Waals surface area (Å²) >= 11 is 3.38. The number of nitrogens with zero attached hydrogens (tertiary/aromatic N) is 2. The summed E-state index contributed by atoms with van der Waals surface area (Å²) < 4.78 is 2.21. The van der Waals surface area contributed by atoms with Gasteiger partial charge >= 0.3 is 0 Å². The van der Waals surface area contributed by atoms with Crippen molar-refractivity contribution < 1.29 is 0 Å². The van der Waals surface area contributed by atoms with Crippen LogP contribution in [-0.4, -0.2) is 9.55 Å². The fourth-order valence-electron chi connectivity index (χ4n) is 1.92. The van der Waals surface area contributed by atoms with E-state index in [0.29, 0.717) is 16.9 Å². The third kappa shape index (κ3) is 3.53. The number of aromatic nitrogens is 2.